The molecule has 0 radical (unpaired) electrons. The smallest absolute Gasteiger partial charge is 0.0931 e. The summed E-state index contributed by atoms with van der Waals surface area (Å²) in [6.45, 7) is 0. The second-order valence-corrected chi connectivity index (χ2v) is 5.64. The van der Waals surface area contributed by atoms with Crippen molar-refractivity contribution in [3.63, 3.8) is 0 Å². The van der Waals surface area contributed by atoms with Crippen molar-refractivity contribution in [1.82, 2.24) is 4.98 Å². The summed E-state index contributed by atoms with van der Waals surface area (Å²) in [6, 6.07) is 8.23. The molecule has 2 aromatic rings. The molecule has 0 fully saturated rings. The third kappa shape index (κ3) is 2.84. The largest absolute Gasteiger partial charge is 0.250 e. The van der Waals surface area contributed by atoms with Gasteiger partial charge in [-0.15, -0.1) is 22.9 Å². The van der Waals surface area contributed by atoms with E-state index in [4.69, 9.17) is 11.6 Å². The van der Waals surface area contributed by atoms with Gasteiger partial charge in [0, 0.05) is 34.3 Å². The van der Waals surface area contributed by atoms with E-state index in [1.165, 1.54) is 5.56 Å². The average Bonchev–Trinajstić information content (AvgIpc) is 2.80. The Morgan fingerprint density at radius 1 is 1.38 bits per heavy atom. The van der Waals surface area contributed by atoms with Crippen LogP contribution < -0.4 is 0 Å². The fraction of sp³-hybridized carbons (Fsp3) is 0.250. The quantitative estimate of drug-likeness (QED) is 0.758. The summed E-state index contributed by atoms with van der Waals surface area (Å²) in [5.41, 5.74) is 1.26. The number of alkyl halides is 1. The minimum atomic E-state index is 0.323. The van der Waals surface area contributed by atoms with Crippen molar-refractivity contribution in [1.29, 1.82) is 0 Å². The fourth-order valence-corrected chi connectivity index (χ4v) is 3.20. The summed E-state index contributed by atoms with van der Waals surface area (Å²) >= 11 is 11.3. The number of benzene rings is 1. The van der Waals surface area contributed by atoms with Gasteiger partial charge in [0.2, 0.25) is 0 Å². The molecular weight excluding hydrogens is 306 g/mol. The highest BCUT2D eigenvalue weighted by atomic mass is 79.9. The summed E-state index contributed by atoms with van der Waals surface area (Å²) in [5, 5.41) is 3.14. The Hall–Kier alpha value is -0.380. The summed E-state index contributed by atoms with van der Waals surface area (Å²) in [6.07, 6.45) is 2.75. The van der Waals surface area contributed by atoms with Crippen molar-refractivity contribution < 1.29 is 0 Å². The van der Waals surface area contributed by atoms with Gasteiger partial charge in [-0.3, -0.25) is 0 Å². The van der Waals surface area contributed by atoms with E-state index in [1.807, 2.05) is 23.7 Å². The van der Waals surface area contributed by atoms with Crippen LogP contribution in [0.3, 0.4) is 0 Å². The van der Waals surface area contributed by atoms with E-state index in [9.17, 15) is 0 Å². The Labute approximate surface area is 113 Å². The van der Waals surface area contributed by atoms with Crippen LogP contribution in [0.4, 0.5) is 0 Å². The number of rotatable bonds is 4. The van der Waals surface area contributed by atoms with Crippen LogP contribution in [0, 0.1) is 0 Å². The second kappa shape index (κ2) is 5.80. The maximum Gasteiger partial charge on any atom is 0.0931 e. The second-order valence-electron chi connectivity index (χ2n) is 3.50. The lowest BCUT2D eigenvalue weighted by atomic mass is 9.98. The fourth-order valence-electron chi connectivity index (χ4n) is 1.62. The minimum absolute atomic E-state index is 0.323. The van der Waals surface area contributed by atoms with E-state index in [1.54, 1.807) is 11.3 Å². The molecule has 16 heavy (non-hydrogen) atoms. The maximum absolute atomic E-state index is 6.05. The molecule has 0 saturated carbocycles. The molecule has 0 spiro atoms. The minimum Gasteiger partial charge on any atom is -0.250 e. The lowest BCUT2D eigenvalue weighted by Gasteiger charge is -2.14. The predicted octanol–water partition coefficient (Wildman–Crippen LogP) is 4.47. The lowest BCUT2D eigenvalue weighted by molar-refractivity contribution is 0.757. The molecule has 0 bridgehead atoms. The van der Waals surface area contributed by atoms with E-state index in [2.05, 4.69) is 33.0 Å². The van der Waals surface area contributed by atoms with Gasteiger partial charge >= 0.3 is 0 Å². The zero-order valence-corrected chi connectivity index (χ0v) is 11.7. The standard InChI is InChI=1S/C12H11BrClNS/c13-11-4-2-1-3-10(11)9(8-14)7-12-15-5-6-16-12/h1-6,9H,7-8H2. The third-order valence-electron chi connectivity index (χ3n) is 2.44. The molecule has 4 heteroatoms. The van der Waals surface area contributed by atoms with Crippen molar-refractivity contribution in [2.24, 2.45) is 0 Å². The van der Waals surface area contributed by atoms with E-state index < -0.39 is 0 Å². The Balaban J connectivity index is 2.20. The first-order valence-corrected chi connectivity index (χ1v) is 7.20. The summed E-state index contributed by atoms with van der Waals surface area (Å²) < 4.78 is 1.12. The van der Waals surface area contributed by atoms with Crippen LogP contribution in [0.25, 0.3) is 0 Å². The van der Waals surface area contributed by atoms with Gasteiger partial charge < -0.3 is 0 Å². The van der Waals surface area contributed by atoms with Gasteiger partial charge in [0.05, 0.1) is 5.01 Å². The average molecular weight is 317 g/mol. The van der Waals surface area contributed by atoms with Crippen molar-refractivity contribution in [3.8, 4) is 0 Å². The molecule has 0 aliphatic rings. The summed E-state index contributed by atoms with van der Waals surface area (Å²) in [4.78, 5) is 4.30. The van der Waals surface area contributed by atoms with Gasteiger partial charge in [-0.1, -0.05) is 34.1 Å². The van der Waals surface area contributed by atoms with Crippen molar-refractivity contribution in [2.45, 2.75) is 12.3 Å². The molecule has 1 aromatic carbocycles. The Morgan fingerprint density at radius 3 is 2.81 bits per heavy atom. The molecule has 84 valence electrons. The SMILES string of the molecule is ClCC(Cc1nccs1)c1ccccc1Br. The molecule has 1 unspecified atom stereocenters. The first-order valence-electron chi connectivity index (χ1n) is 5.00. The van der Waals surface area contributed by atoms with E-state index in [0.717, 1.165) is 15.9 Å². The summed E-state index contributed by atoms with van der Waals surface area (Å²) in [5.74, 6) is 0.936. The van der Waals surface area contributed by atoms with Crippen LogP contribution in [-0.2, 0) is 6.42 Å². The molecule has 1 nitrogen and oxygen atoms in total. The van der Waals surface area contributed by atoms with Crippen LogP contribution in [0.2, 0.25) is 0 Å². The Kier molecular flexibility index (Phi) is 4.38. The topological polar surface area (TPSA) is 12.9 Å². The van der Waals surface area contributed by atoms with Crippen LogP contribution in [0.5, 0.6) is 0 Å². The van der Waals surface area contributed by atoms with Crippen LogP contribution in [-0.4, -0.2) is 10.9 Å². The highest BCUT2D eigenvalue weighted by Crippen LogP contribution is 2.29. The first kappa shape index (κ1) is 12.1. The van der Waals surface area contributed by atoms with E-state index >= 15 is 0 Å². The number of thiazole rings is 1. The van der Waals surface area contributed by atoms with Crippen LogP contribution >= 0.6 is 38.9 Å². The molecule has 0 saturated heterocycles. The molecule has 0 aliphatic heterocycles. The molecule has 2 rings (SSSR count). The number of nitrogens with zero attached hydrogens (tertiary/aromatic N) is 1. The van der Waals surface area contributed by atoms with Crippen LogP contribution in [0.15, 0.2) is 40.3 Å². The van der Waals surface area contributed by atoms with Gasteiger partial charge in [-0.05, 0) is 11.6 Å². The maximum atomic E-state index is 6.05. The van der Waals surface area contributed by atoms with Crippen LogP contribution in [0.1, 0.15) is 16.5 Å². The monoisotopic (exact) mass is 315 g/mol. The predicted molar refractivity (Wildman–Crippen MR) is 73.4 cm³/mol. The molecule has 1 aromatic heterocycles. The van der Waals surface area contributed by atoms with Gasteiger partial charge in [0.1, 0.15) is 0 Å². The molecule has 0 N–H and O–H groups in total. The summed E-state index contributed by atoms with van der Waals surface area (Å²) in [7, 11) is 0. The highest BCUT2D eigenvalue weighted by Gasteiger charge is 2.15. The number of hydrogen-bond donors (Lipinski definition) is 0. The molecule has 1 atom stereocenters. The number of halogens is 2. The van der Waals surface area contributed by atoms with Gasteiger partial charge in [0.25, 0.3) is 0 Å². The van der Waals surface area contributed by atoms with E-state index in [0.29, 0.717) is 11.8 Å². The van der Waals surface area contributed by atoms with Crippen molar-refractivity contribution in [2.75, 3.05) is 5.88 Å². The Morgan fingerprint density at radius 2 is 2.19 bits per heavy atom. The van der Waals surface area contributed by atoms with Crippen molar-refractivity contribution in [3.05, 3.63) is 50.9 Å². The molecule has 1 heterocycles. The van der Waals surface area contributed by atoms with Gasteiger partial charge in [-0.2, -0.15) is 0 Å². The normalized spacial score (nSPS) is 12.6. The Bertz CT molecular complexity index is 444. The number of hydrogen-bond acceptors (Lipinski definition) is 2. The zero-order chi connectivity index (χ0) is 11.4. The highest BCUT2D eigenvalue weighted by molar-refractivity contribution is 9.10. The molecule has 0 aliphatic carbocycles. The molecule has 0 amide bonds. The van der Waals surface area contributed by atoms with E-state index in [-0.39, 0.29) is 0 Å². The zero-order valence-electron chi connectivity index (χ0n) is 8.57. The number of aromatic nitrogens is 1. The molecular formula is C12H11BrClNS. The van der Waals surface area contributed by atoms with Gasteiger partial charge in [0.15, 0.2) is 0 Å². The van der Waals surface area contributed by atoms with Gasteiger partial charge in [-0.25, -0.2) is 4.98 Å². The lowest BCUT2D eigenvalue weighted by Crippen LogP contribution is -2.05. The third-order valence-corrected chi connectivity index (χ3v) is 4.33. The first-order chi connectivity index (χ1) is 7.81. The van der Waals surface area contributed by atoms with Crippen molar-refractivity contribution >= 4 is 38.9 Å².